The molecule has 2 saturated carbocycles. The highest BCUT2D eigenvalue weighted by atomic mass is 16.7. The first-order chi connectivity index (χ1) is 12.8. The highest BCUT2D eigenvalue weighted by molar-refractivity contribution is 5.80. The first-order valence-electron chi connectivity index (χ1n) is 10.3. The van der Waals surface area contributed by atoms with Crippen LogP contribution in [-0.2, 0) is 25.6 Å². The minimum Gasteiger partial charge on any atom is -0.374 e. The van der Waals surface area contributed by atoms with Crippen molar-refractivity contribution in [1.82, 2.24) is 0 Å². The van der Waals surface area contributed by atoms with Crippen molar-refractivity contribution in [3.05, 3.63) is 35.9 Å². The lowest BCUT2D eigenvalue weighted by atomic mass is 9.70. The number of fused-ring (bicyclic) bond motifs is 5. The average Bonchev–Trinajstić information content (AvgIpc) is 3.19. The fraction of sp³-hybridized carbons (Fsp3) is 0.696. The predicted octanol–water partition coefficient (Wildman–Crippen LogP) is 4.36. The molecular formula is C23H32O4. The SMILES string of the molecule is CC(=O)[C@H](COCc1ccccc1)O[C@@H]1C[C@H]2[C@H]3CC[C@@](C)([C@H]2O1)C3(C)C. The van der Waals surface area contributed by atoms with Crippen LogP contribution in [0.4, 0.5) is 0 Å². The molecule has 1 heterocycles. The molecule has 1 aliphatic heterocycles. The van der Waals surface area contributed by atoms with Crippen LogP contribution in [0.25, 0.3) is 0 Å². The van der Waals surface area contributed by atoms with Gasteiger partial charge in [-0.2, -0.15) is 0 Å². The van der Waals surface area contributed by atoms with E-state index in [-0.39, 0.29) is 30.2 Å². The van der Waals surface area contributed by atoms with Crippen LogP contribution in [0, 0.1) is 22.7 Å². The summed E-state index contributed by atoms with van der Waals surface area (Å²) in [5.41, 5.74) is 1.64. The number of ketones is 1. The zero-order chi connectivity index (χ0) is 19.2. The molecule has 3 fully saturated rings. The quantitative estimate of drug-likeness (QED) is 0.713. The molecule has 3 aliphatic rings. The first-order valence-corrected chi connectivity index (χ1v) is 10.3. The summed E-state index contributed by atoms with van der Waals surface area (Å²) in [6, 6.07) is 9.98. The van der Waals surface area contributed by atoms with Gasteiger partial charge in [0.1, 0.15) is 6.10 Å². The molecule has 0 aromatic heterocycles. The normalized spacial score (nSPS) is 37.3. The number of Topliss-reactive ketones (excluding diaryl/α,β-unsaturated/α-hetero) is 1. The Morgan fingerprint density at radius 2 is 2.00 bits per heavy atom. The molecule has 27 heavy (non-hydrogen) atoms. The Kier molecular flexibility index (Phi) is 4.94. The maximum atomic E-state index is 12.1. The summed E-state index contributed by atoms with van der Waals surface area (Å²) in [4.78, 5) is 12.1. The number of ether oxygens (including phenoxy) is 3. The van der Waals surface area contributed by atoms with Gasteiger partial charge in [-0.05, 0) is 48.0 Å². The van der Waals surface area contributed by atoms with E-state index < -0.39 is 6.10 Å². The van der Waals surface area contributed by atoms with Crippen LogP contribution in [0.5, 0.6) is 0 Å². The lowest BCUT2D eigenvalue weighted by molar-refractivity contribution is -0.196. The lowest BCUT2D eigenvalue weighted by Gasteiger charge is -2.38. The summed E-state index contributed by atoms with van der Waals surface area (Å²) < 4.78 is 18.2. The number of rotatable bonds is 7. The van der Waals surface area contributed by atoms with Gasteiger partial charge < -0.3 is 14.2 Å². The second kappa shape index (κ2) is 6.98. The Morgan fingerprint density at radius 1 is 1.26 bits per heavy atom. The second-order valence-corrected chi connectivity index (χ2v) is 9.41. The van der Waals surface area contributed by atoms with Gasteiger partial charge in [-0.1, -0.05) is 51.1 Å². The maximum Gasteiger partial charge on any atom is 0.160 e. The Hall–Kier alpha value is -1.23. The summed E-state index contributed by atoms with van der Waals surface area (Å²) in [5, 5.41) is 0. The van der Waals surface area contributed by atoms with E-state index in [1.54, 1.807) is 6.92 Å². The van der Waals surface area contributed by atoms with Gasteiger partial charge in [0.2, 0.25) is 0 Å². The largest absolute Gasteiger partial charge is 0.374 e. The van der Waals surface area contributed by atoms with Crippen molar-refractivity contribution in [2.24, 2.45) is 22.7 Å². The van der Waals surface area contributed by atoms with Crippen LogP contribution in [0.3, 0.4) is 0 Å². The molecule has 4 heteroatoms. The Bertz CT molecular complexity index is 685. The maximum absolute atomic E-state index is 12.1. The molecular weight excluding hydrogens is 340 g/mol. The van der Waals surface area contributed by atoms with Gasteiger partial charge in [0, 0.05) is 6.42 Å². The van der Waals surface area contributed by atoms with E-state index in [2.05, 4.69) is 20.8 Å². The van der Waals surface area contributed by atoms with E-state index in [1.807, 2.05) is 30.3 Å². The number of benzene rings is 1. The number of carbonyl (C=O) groups is 1. The van der Waals surface area contributed by atoms with Gasteiger partial charge in [-0.15, -0.1) is 0 Å². The monoisotopic (exact) mass is 372 g/mol. The van der Waals surface area contributed by atoms with Crippen molar-refractivity contribution in [2.75, 3.05) is 6.61 Å². The fourth-order valence-electron chi connectivity index (χ4n) is 5.87. The molecule has 4 nitrogen and oxygen atoms in total. The molecule has 1 aromatic carbocycles. The Labute approximate surface area is 162 Å². The van der Waals surface area contributed by atoms with Crippen LogP contribution >= 0.6 is 0 Å². The molecule has 0 N–H and O–H groups in total. The molecule has 1 aromatic rings. The van der Waals surface area contributed by atoms with Gasteiger partial charge >= 0.3 is 0 Å². The van der Waals surface area contributed by atoms with Gasteiger partial charge in [0.25, 0.3) is 0 Å². The minimum atomic E-state index is -0.559. The number of carbonyl (C=O) groups excluding carboxylic acids is 1. The zero-order valence-electron chi connectivity index (χ0n) is 16.9. The molecule has 1 saturated heterocycles. The van der Waals surface area contributed by atoms with E-state index in [4.69, 9.17) is 14.2 Å². The molecule has 6 atom stereocenters. The van der Waals surface area contributed by atoms with Crippen molar-refractivity contribution >= 4 is 5.78 Å². The van der Waals surface area contributed by atoms with Crippen molar-refractivity contribution in [1.29, 1.82) is 0 Å². The molecule has 0 amide bonds. The summed E-state index contributed by atoms with van der Waals surface area (Å²) in [7, 11) is 0. The Morgan fingerprint density at radius 3 is 2.67 bits per heavy atom. The van der Waals surface area contributed by atoms with E-state index in [0.717, 1.165) is 12.0 Å². The van der Waals surface area contributed by atoms with Crippen molar-refractivity contribution in [3.8, 4) is 0 Å². The predicted molar refractivity (Wildman–Crippen MR) is 103 cm³/mol. The average molecular weight is 373 g/mol. The highest BCUT2D eigenvalue weighted by Gasteiger charge is 2.69. The van der Waals surface area contributed by atoms with E-state index in [1.165, 1.54) is 12.8 Å². The van der Waals surface area contributed by atoms with E-state index in [0.29, 0.717) is 23.9 Å². The summed E-state index contributed by atoms with van der Waals surface area (Å²) in [5.74, 6) is 1.26. The molecule has 148 valence electrons. The van der Waals surface area contributed by atoms with Gasteiger partial charge in [-0.25, -0.2) is 0 Å². The van der Waals surface area contributed by atoms with Gasteiger partial charge in [-0.3, -0.25) is 4.79 Å². The van der Waals surface area contributed by atoms with E-state index >= 15 is 0 Å². The third kappa shape index (κ3) is 3.16. The number of hydrogen-bond donors (Lipinski definition) is 0. The van der Waals surface area contributed by atoms with Crippen molar-refractivity contribution in [3.63, 3.8) is 0 Å². The second-order valence-electron chi connectivity index (χ2n) is 9.41. The van der Waals surface area contributed by atoms with Gasteiger partial charge in [0.15, 0.2) is 12.1 Å². The topological polar surface area (TPSA) is 44.8 Å². The molecule has 2 bridgehead atoms. The lowest BCUT2D eigenvalue weighted by Crippen LogP contribution is -2.39. The highest BCUT2D eigenvalue weighted by Crippen LogP contribution is 2.71. The summed E-state index contributed by atoms with van der Waals surface area (Å²) in [6.45, 7) is 9.51. The van der Waals surface area contributed by atoms with Crippen LogP contribution in [0.15, 0.2) is 30.3 Å². The van der Waals surface area contributed by atoms with Crippen molar-refractivity contribution in [2.45, 2.75) is 72.1 Å². The smallest absolute Gasteiger partial charge is 0.160 e. The van der Waals surface area contributed by atoms with Crippen molar-refractivity contribution < 1.29 is 19.0 Å². The molecule has 0 unspecified atom stereocenters. The van der Waals surface area contributed by atoms with Crippen LogP contribution in [-0.4, -0.2) is 30.9 Å². The first kappa shape index (κ1) is 19.1. The third-order valence-electron chi connectivity index (χ3n) is 7.82. The van der Waals surface area contributed by atoms with E-state index in [9.17, 15) is 4.79 Å². The minimum absolute atomic E-state index is 0.00163. The standard InChI is InChI=1S/C23H32O4/c1-15(24)19(14-25-13-16-8-6-5-7-9-16)26-20-12-17-18-10-11-23(4,21(17)27-20)22(18,2)3/h5-9,17-21H,10-14H2,1-4H3/t17-,18+,19-,20-,21-,23-/m0/s1. The zero-order valence-corrected chi connectivity index (χ0v) is 16.9. The van der Waals surface area contributed by atoms with Gasteiger partial charge in [0.05, 0.1) is 19.3 Å². The Balaban J connectivity index is 1.34. The third-order valence-corrected chi connectivity index (χ3v) is 7.82. The molecule has 4 rings (SSSR count). The van der Waals surface area contributed by atoms with Crippen LogP contribution < -0.4 is 0 Å². The summed E-state index contributed by atoms with van der Waals surface area (Å²) in [6.07, 6.45) is 2.83. The van der Waals surface area contributed by atoms with Crippen LogP contribution in [0.2, 0.25) is 0 Å². The number of hydrogen-bond acceptors (Lipinski definition) is 4. The fourth-order valence-corrected chi connectivity index (χ4v) is 5.87. The molecule has 0 radical (unpaired) electrons. The molecule has 0 spiro atoms. The van der Waals surface area contributed by atoms with Crippen LogP contribution in [0.1, 0.15) is 52.5 Å². The molecule has 2 aliphatic carbocycles. The summed E-state index contributed by atoms with van der Waals surface area (Å²) >= 11 is 0.